The fraction of sp³-hybridized carbons (Fsp3) is 0.333. The van der Waals surface area contributed by atoms with Crippen molar-refractivity contribution in [3.63, 3.8) is 0 Å². The van der Waals surface area contributed by atoms with Crippen LogP contribution in [-0.4, -0.2) is 49.4 Å². The van der Waals surface area contributed by atoms with E-state index in [9.17, 15) is 5.11 Å². The standard InChI is InChI=1S/C18H19N5O2/c24-16-11-23(10-14(16)8-15-9-19-6-7-20-15)12-17-21-22-18(25-17)13-4-2-1-3-5-13/h1-7,9,14,16,24H,8,10-12H2/t14-,16-/m1/s1. The van der Waals surface area contributed by atoms with Crippen molar-refractivity contribution in [1.82, 2.24) is 25.1 Å². The van der Waals surface area contributed by atoms with Crippen LogP contribution in [-0.2, 0) is 13.0 Å². The van der Waals surface area contributed by atoms with Gasteiger partial charge in [-0.3, -0.25) is 14.9 Å². The number of rotatable bonds is 5. The van der Waals surface area contributed by atoms with Crippen molar-refractivity contribution in [3.8, 4) is 11.5 Å². The number of nitrogens with zero attached hydrogens (tertiary/aromatic N) is 5. The van der Waals surface area contributed by atoms with Gasteiger partial charge < -0.3 is 9.52 Å². The van der Waals surface area contributed by atoms with Crippen molar-refractivity contribution in [3.05, 3.63) is 60.5 Å². The van der Waals surface area contributed by atoms with Gasteiger partial charge in [0.1, 0.15) is 0 Å². The molecule has 1 N–H and O–H groups in total. The largest absolute Gasteiger partial charge is 0.419 e. The van der Waals surface area contributed by atoms with Gasteiger partial charge in [0.25, 0.3) is 0 Å². The zero-order chi connectivity index (χ0) is 17.1. The van der Waals surface area contributed by atoms with E-state index in [1.807, 2.05) is 30.3 Å². The minimum atomic E-state index is -0.390. The van der Waals surface area contributed by atoms with E-state index in [0.29, 0.717) is 31.3 Å². The fourth-order valence-electron chi connectivity index (χ4n) is 3.18. The summed E-state index contributed by atoms with van der Waals surface area (Å²) in [6, 6.07) is 9.70. The molecule has 0 amide bonds. The summed E-state index contributed by atoms with van der Waals surface area (Å²) in [5, 5.41) is 18.6. The second kappa shape index (κ2) is 7.08. The van der Waals surface area contributed by atoms with Gasteiger partial charge in [0.05, 0.1) is 18.3 Å². The maximum atomic E-state index is 10.3. The molecule has 3 heterocycles. The van der Waals surface area contributed by atoms with Gasteiger partial charge in [-0.15, -0.1) is 10.2 Å². The van der Waals surface area contributed by atoms with Gasteiger partial charge in [-0.05, 0) is 18.6 Å². The molecule has 1 aromatic carbocycles. The Balaban J connectivity index is 1.38. The van der Waals surface area contributed by atoms with Crippen LogP contribution in [0, 0.1) is 5.92 Å². The maximum Gasteiger partial charge on any atom is 0.247 e. The summed E-state index contributed by atoms with van der Waals surface area (Å²) >= 11 is 0. The summed E-state index contributed by atoms with van der Waals surface area (Å²) in [7, 11) is 0. The van der Waals surface area contributed by atoms with Crippen molar-refractivity contribution in [2.45, 2.75) is 19.1 Å². The fourth-order valence-corrected chi connectivity index (χ4v) is 3.18. The first-order valence-corrected chi connectivity index (χ1v) is 8.31. The molecule has 0 saturated carbocycles. The molecule has 1 aliphatic heterocycles. The molecular formula is C18H19N5O2. The van der Waals surface area contributed by atoms with Crippen molar-refractivity contribution in [2.75, 3.05) is 13.1 Å². The normalized spacial score (nSPS) is 20.8. The van der Waals surface area contributed by atoms with Crippen molar-refractivity contribution >= 4 is 0 Å². The van der Waals surface area contributed by atoms with Gasteiger partial charge >= 0.3 is 0 Å². The molecule has 0 spiro atoms. The molecule has 1 aliphatic rings. The summed E-state index contributed by atoms with van der Waals surface area (Å²) in [5.74, 6) is 1.21. The average molecular weight is 337 g/mol. The van der Waals surface area contributed by atoms with Crippen molar-refractivity contribution in [1.29, 1.82) is 0 Å². The van der Waals surface area contributed by atoms with E-state index in [-0.39, 0.29) is 5.92 Å². The lowest BCUT2D eigenvalue weighted by atomic mass is 10.0. The maximum absolute atomic E-state index is 10.3. The lowest BCUT2D eigenvalue weighted by molar-refractivity contribution is 0.139. The Morgan fingerprint density at radius 2 is 2.00 bits per heavy atom. The van der Waals surface area contributed by atoms with Crippen molar-refractivity contribution in [2.24, 2.45) is 5.92 Å². The van der Waals surface area contributed by atoms with Gasteiger partial charge in [0.15, 0.2) is 0 Å². The molecule has 0 radical (unpaired) electrons. The molecule has 0 unspecified atom stereocenters. The number of benzene rings is 1. The first kappa shape index (κ1) is 15.9. The van der Waals surface area contributed by atoms with E-state index in [2.05, 4.69) is 25.1 Å². The third-order valence-corrected chi connectivity index (χ3v) is 4.42. The van der Waals surface area contributed by atoms with Crippen LogP contribution in [0.1, 0.15) is 11.6 Å². The highest BCUT2D eigenvalue weighted by molar-refractivity contribution is 5.51. The molecule has 7 nitrogen and oxygen atoms in total. The quantitative estimate of drug-likeness (QED) is 0.756. The van der Waals surface area contributed by atoms with Crippen LogP contribution < -0.4 is 0 Å². The van der Waals surface area contributed by atoms with Gasteiger partial charge in [-0.25, -0.2) is 0 Å². The predicted octanol–water partition coefficient (Wildman–Crippen LogP) is 1.56. The zero-order valence-corrected chi connectivity index (χ0v) is 13.7. The van der Waals surface area contributed by atoms with Crippen LogP contribution in [0.2, 0.25) is 0 Å². The minimum absolute atomic E-state index is 0.133. The topological polar surface area (TPSA) is 88.2 Å². The van der Waals surface area contributed by atoms with Gasteiger partial charge in [-0.2, -0.15) is 0 Å². The van der Waals surface area contributed by atoms with E-state index in [4.69, 9.17) is 4.42 Å². The summed E-state index contributed by atoms with van der Waals surface area (Å²) < 4.78 is 5.75. The lowest BCUT2D eigenvalue weighted by Gasteiger charge is -2.13. The molecular weight excluding hydrogens is 318 g/mol. The highest BCUT2D eigenvalue weighted by atomic mass is 16.4. The Labute approximate surface area is 145 Å². The number of hydrogen-bond donors (Lipinski definition) is 1. The van der Waals surface area contributed by atoms with Gasteiger partial charge in [-0.1, -0.05) is 18.2 Å². The minimum Gasteiger partial charge on any atom is -0.419 e. The Bertz CT molecular complexity index is 809. The van der Waals surface area contributed by atoms with E-state index in [1.165, 1.54) is 0 Å². The summed E-state index contributed by atoms with van der Waals surface area (Å²) in [4.78, 5) is 10.5. The number of aliphatic hydroxyl groups is 1. The number of aliphatic hydroxyl groups excluding tert-OH is 1. The second-order valence-corrected chi connectivity index (χ2v) is 6.29. The first-order chi connectivity index (χ1) is 12.3. The molecule has 3 aromatic rings. The van der Waals surface area contributed by atoms with Gasteiger partial charge in [0, 0.05) is 43.2 Å². The van der Waals surface area contributed by atoms with Crippen LogP contribution in [0.4, 0.5) is 0 Å². The average Bonchev–Trinajstić information content (AvgIpc) is 3.24. The van der Waals surface area contributed by atoms with Crippen LogP contribution in [0.15, 0.2) is 53.3 Å². The summed E-state index contributed by atoms with van der Waals surface area (Å²) in [6.45, 7) is 1.89. The molecule has 25 heavy (non-hydrogen) atoms. The van der Waals surface area contributed by atoms with E-state index in [0.717, 1.165) is 17.8 Å². The third-order valence-electron chi connectivity index (χ3n) is 4.42. The van der Waals surface area contributed by atoms with Gasteiger partial charge in [0.2, 0.25) is 11.8 Å². The Hall–Kier alpha value is -2.64. The molecule has 0 bridgehead atoms. The number of hydrogen-bond acceptors (Lipinski definition) is 7. The number of likely N-dealkylation sites (tertiary alicyclic amines) is 1. The Morgan fingerprint density at radius 1 is 1.12 bits per heavy atom. The number of aromatic nitrogens is 4. The van der Waals surface area contributed by atoms with Crippen LogP contribution in [0.3, 0.4) is 0 Å². The van der Waals surface area contributed by atoms with Crippen LogP contribution in [0.5, 0.6) is 0 Å². The Kier molecular flexibility index (Phi) is 4.49. The molecule has 7 heteroatoms. The molecule has 4 rings (SSSR count). The number of β-amino-alcohol motifs (C(OH)–C–C–N with tert-alkyl or cyclic N) is 1. The zero-order valence-electron chi connectivity index (χ0n) is 13.7. The van der Waals surface area contributed by atoms with Crippen molar-refractivity contribution < 1.29 is 9.52 Å². The van der Waals surface area contributed by atoms with E-state index >= 15 is 0 Å². The third kappa shape index (κ3) is 3.72. The van der Waals surface area contributed by atoms with Crippen LogP contribution >= 0.6 is 0 Å². The smallest absolute Gasteiger partial charge is 0.247 e. The first-order valence-electron chi connectivity index (χ1n) is 8.31. The van der Waals surface area contributed by atoms with Crippen LogP contribution in [0.25, 0.3) is 11.5 Å². The lowest BCUT2D eigenvalue weighted by Crippen LogP contribution is -2.21. The Morgan fingerprint density at radius 3 is 2.80 bits per heavy atom. The molecule has 0 aliphatic carbocycles. The molecule has 1 fully saturated rings. The predicted molar refractivity (Wildman–Crippen MR) is 90.2 cm³/mol. The molecule has 1 saturated heterocycles. The molecule has 128 valence electrons. The monoisotopic (exact) mass is 337 g/mol. The SMILES string of the molecule is O[C@@H]1CN(Cc2nnc(-c3ccccc3)o2)C[C@H]1Cc1cnccn1. The van der Waals surface area contributed by atoms with E-state index < -0.39 is 6.10 Å². The molecule has 2 atom stereocenters. The summed E-state index contributed by atoms with van der Waals surface area (Å²) in [5.41, 5.74) is 1.81. The highest BCUT2D eigenvalue weighted by Crippen LogP contribution is 2.23. The van der Waals surface area contributed by atoms with E-state index in [1.54, 1.807) is 18.6 Å². The molecule has 2 aromatic heterocycles. The highest BCUT2D eigenvalue weighted by Gasteiger charge is 2.32. The summed E-state index contributed by atoms with van der Waals surface area (Å²) in [6.07, 6.45) is 5.40. The second-order valence-electron chi connectivity index (χ2n) is 6.29.